The van der Waals surface area contributed by atoms with Gasteiger partial charge < -0.3 is 20.5 Å². The number of ether oxygens (including phenoxy) is 2. The number of nitrogens with two attached hydrogens (primary N) is 1. The SMILES string of the molecule is COc1ccc(CN=C(N)NCC(C)c2ccc(F)cc2F)cc1OC. The molecule has 2 rings (SSSR count). The minimum Gasteiger partial charge on any atom is -0.493 e. The van der Waals surface area contributed by atoms with Crippen molar-refractivity contribution in [2.45, 2.75) is 19.4 Å². The van der Waals surface area contributed by atoms with Gasteiger partial charge in [0.1, 0.15) is 11.6 Å². The monoisotopic (exact) mass is 363 g/mol. The summed E-state index contributed by atoms with van der Waals surface area (Å²) in [6.07, 6.45) is 0. The molecule has 2 aromatic carbocycles. The second-order valence-corrected chi connectivity index (χ2v) is 5.84. The van der Waals surface area contributed by atoms with Gasteiger partial charge >= 0.3 is 0 Å². The molecule has 0 spiro atoms. The normalized spacial score (nSPS) is 12.6. The average molecular weight is 363 g/mol. The summed E-state index contributed by atoms with van der Waals surface area (Å²) in [6.45, 7) is 2.56. The van der Waals surface area contributed by atoms with Gasteiger partial charge in [0, 0.05) is 18.5 Å². The van der Waals surface area contributed by atoms with Crippen LogP contribution >= 0.6 is 0 Å². The van der Waals surface area contributed by atoms with Gasteiger partial charge in [0.05, 0.1) is 20.8 Å². The Hall–Kier alpha value is -2.83. The zero-order chi connectivity index (χ0) is 19.1. The van der Waals surface area contributed by atoms with Crippen LogP contribution in [0.5, 0.6) is 11.5 Å². The summed E-state index contributed by atoms with van der Waals surface area (Å²) >= 11 is 0. The molecule has 0 saturated heterocycles. The molecule has 0 heterocycles. The number of methoxy groups -OCH3 is 2. The van der Waals surface area contributed by atoms with Crippen molar-refractivity contribution in [1.82, 2.24) is 5.32 Å². The van der Waals surface area contributed by atoms with Crippen molar-refractivity contribution in [3.63, 3.8) is 0 Å². The Morgan fingerprint density at radius 2 is 1.85 bits per heavy atom. The van der Waals surface area contributed by atoms with E-state index >= 15 is 0 Å². The van der Waals surface area contributed by atoms with Crippen molar-refractivity contribution in [2.75, 3.05) is 20.8 Å². The van der Waals surface area contributed by atoms with Gasteiger partial charge in [0.15, 0.2) is 17.5 Å². The summed E-state index contributed by atoms with van der Waals surface area (Å²) in [7, 11) is 3.14. The standard InChI is InChI=1S/C19H23F2N3O2/c1-12(15-6-5-14(20)9-16(15)21)10-23-19(22)24-11-13-4-7-17(25-2)18(8-13)26-3/h4-9,12H,10-11H2,1-3H3,(H3,22,23,24). The molecule has 1 atom stereocenters. The highest BCUT2D eigenvalue weighted by Gasteiger charge is 2.12. The number of guanidine groups is 1. The predicted octanol–water partition coefficient (Wildman–Crippen LogP) is 3.19. The molecule has 7 heteroatoms. The number of halogens is 2. The summed E-state index contributed by atoms with van der Waals surface area (Å²) in [5.41, 5.74) is 7.20. The Balaban J connectivity index is 1.94. The van der Waals surface area contributed by atoms with Gasteiger partial charge in [0.2, 0.25) is 0 Å². The molecule has 0 aliphatic heterocycles. The van der Waals surface area contributed by atoms with Crippen LogP contribution in [0.2, 0.25) is 0 Å². The van der Waals surface area contributed by atoms with Gasteiger partial charge in [-0.05, 0) is 29.3 Å². The van der Waals surface area contributed by atoms with Crippen LogP contribution in [0, 0.1) is 11.6 Å². The van der Waals surface area contributed by atoms with Crippen LogP contribution in [-0.2, 0) is 6.54 Å². The van der Waals surface area contributed by atoms with E-state index in [4.69, 9.17) is 15.2 Å². The van der Waals surface area contributed by atoms with Crippen LogP contribution in [0.3, 0.4) is 0 Å². The number of rotatable bonds is 7. The van der Waals surface area contributed by atoms with Gasteiger partial charge in [0.25, 0.3) is 0 Å². The largest absolute Gasteiger partial charge is 0.493 e. The topological polar surface area (TPSA) is 68.9 Å². The van der Waals surface area contributed by atoms with Gasteiger partial charge in [-0.25, -0.2) is 13.8 Å². The minimum absolute atomic E-state index is 0.189. The van der Waals surface area contributed by atoms with Crippen LogP contribution < -0.4 is 20.5 Å². The fraction of sp³-hybridized carbons (Fsp3) is 0.316. The smallest absolute Gasteiger partial charge is 0.188 e. The zero-order valence-electron chi connectivity index (χ0n) is 15.1. The molecule has 2 aromatic rings. The molecule has 0 saturated carbocycles. The van der Waals surface area contributed by atoms with Crippen LogP contribution in [0.25, 0.3) is 0 Å². The molecule has 140 valence electrons. The molecule has 0 aromatic heterocycles. The van der Waals surface area contributed by atoms with E-state index < -0.39 is 11.6 Å². The van der Waals surface area contributed by atoms with Crippen LogP contribution in [0.4, 0.5) is 8.78 Å². The number of benzene rings is 2. The van der Waals surface area contributed by atoms with Crippen LogP contribution in [0.15, 0.2) is 41.4 Å². The Labute approximate surface area is 151 Å². The molecule has 26 heavy (non-hydrogen) atoms. The van der Waals surface area contributed by atoms with Gasteiger partial charge in [-0.1, -0.05) is 19.1 Å². The molecule has 3 N–H and O–H groups in total. The lowest BCUT2D eigenvalue weighted by Crippen LogP contribution is -2.34. The van der Waals surface area contributed by atoms with E-state index in [1.54, 1.807) is 20.3 Å². The first-order valence-electron chi connectivity index (χ1n) is 8.14. The van der Waals surface area contributed by atoms with Gasteiger partial charge in [-0.2, -0.15) is 0 Å². The Kier molecular flexibility index (Phi) is 6.77. The number of aliphatic imine (C=N–C) groups is 1. The molecule has 0 amide bonds. The lowest BCUT2D eigenvalue weighted by Gasteiger charge is -2.14. The van der Waals surface area contributed by atoms with E-state index in [9.17, 15) is 8.78 Å². The molecular weight excluding hydrogens is 340 g/mol. The Morgan fingerprint density at radius 1 is 1.12 bits per heavy atom. The van der Waals surface area contributed by atoms with E-state index in [2.05, 4.69) is 10.3 Å². The third-order valence-corrected chi connectivity index (χ3v) is 3.96. The highest BCUT2D eigenvalue weighted by molar-refractivity contribution is 5.77. The minimum atomic E-state index is -0.595. The highest BCUT2D eigenvalue weighted by atomic mass is 19.1. The van der Waals surface area contributed by atoms with Gasteiger partial charge in [-0.15, -0.1) is 0 Å². The summed E-state index contributed by atoms with van der Waals surface area (Å²) in [4.78, 5) is 4.26. The van der Waals surface area contributed by atoms with Crippen molar-refractivity contribution in [3.05, 3.63) is 59.2 Å². The second kappa shape index (κ2) is 9.03. The molecular formula is C19H23F2N3O2. The third kappa shape index (κ3) is 5.08. The predicted molar refractivity (Wildman–Crippen MR) is 97.6 cm³/mol. The fourth-order valence-electron chi connectivity index (χ4n) is 2.48. The molecule has 0 radical (unpaired) electrons. The molecule has 5 nitrogen and oxygen atoms in total. The number of hydrogen-bond acceptors (Lipinski definition) is 3. The summed E-state index contributed by atoms with van der Waals surface area (Å²) in [5, 5.41) is 2.96. The molecule has 0 aliphatic carbocycles. The maximum Gasteiger partial charge on any atom is 0.188 e. The third-order valence-electron chi connectivity index (χ3n) is 3.96. The Bertz CT molecular complexity index is 781. The lowest BCUT2D eigenvalue weighted by atomic mass is 10.0. The van der Waals surface area contributed by atoms with Crippen molar-refractivity contribution < 1.29 is 18.3 Å². The number of hydrogen-bond donors (Lipinski definition) is 2. The quantitative estimate of drug-likeness (QED) is 0.586. The van der Waals surface area contributed by atoms with Crippen LogP contribution in [-0.4, -0.2) is 26.7 Å². The first kappa shape index (κ1) is 19.5. The second-order valence-electron chi connectivity index (χ2n) is 5.84. The van der Waals surface area contributed by atoms with Crippen molar-refractivity contribution in [1.29, 1.82) is 0 Å². The van der Waals surface area contributed by atoms with Crippen LogP contribution in [0.1, 0.15) is 24.0 Å². The fourth-order valence-corrected chi connectivity index (χ4v) is 2.48. The van der Waals surface area contributed by atoms with Crippen molar-refractivity contribution >= 4 is 5.96 Å². The van der Waals surface area contributed by atoms with E-state index in [-0.39, 0.29) is 11.9 Å². The molecule has 0 fully saturated rings. The first-order chi connectivity index (χ1) is 12.4. The van der Waals surface area contributed by atoms with E-state index in [1.807, 2.05) is 19.1 Å². The first-order valence-corrected chi connectivity index (χ1v) is 8.14. The lowest BCUT2D eigenvalue weighted by molar-refractivity contribution is 0.354. The number of nitrogens with one attached hydrogen (secondary N) is 1. The van der Waals surface area contributed by atoms with Crippen molar-refractivity contribution in [2.24, 2.45) is 10.7 Å². The molecule has 0 bridgehead atoms. The number of nitrogens with zero attached hydrogens (tertiary/aromatic N) is 1. The zero-order valence-corrected chi connectivity index (χ0v) is 15.1. The van der Waals surface area contributed by atoms with Crippen molar-refractivity contribution in [3.8, 4) is 11.5 Å². The summed E-state index contributed by atoms with van der Waals surface area (Å²) < 4.78 is 37.2. The highest BCUT2D eigenvalue weighted by Crippen LogP contribution is 2.27. The van der Waals surface area contributed by atoms with E-state index in [0.717, 1.165) is 11.6 Å². The molecule has 0 aliphatic rings. The maximum atomic E-state index is 13.8. The Morgan fingerprint density at radius 3 is 2.50 bits per heavy atom. The average Bonchev–Trinajstić information content (AvgIpc) is 2.64. The van der Waals surface area contributed by atoms with Gasteiger partial charge in [-0.3, -0.25) is 0 Å². The summed E-state index contributed by atoms with van der Waals surface area (Å²) in [6, 6.07) is 9.05. The maximum absolute atomic E-state index is 13.8. The van der Waals surface area contributed by atoms with E-state index in [0.29, 0.717) is 30.2 Å². The summed E-state index contributed by atoms with van der Waals surface area (Å²) in [5.74, 6) is 0.149. The van der Waals surface area contributed by atoms with E-state index in [1.165, 1.54) is 12.1 Å². The molecule has 1 unspecified atom stereocenters.